The number of aromatic hydroxyl groups is 1. The van der Waals surface area contributed by atoms with E-state index >= 15 is 0 Å². The van der Waals surface area contributed by atoms with Gasteiger partial charge in [-0.1, -0.05) is 27.6 Å². The number of carbonyl (C=O) groups excluding carboxylic acids is 5. The molecule has 6 rings (SSSR count). The largest absolute Gasteiger partial charge is 0.504 e. The highest BCUT2D eigenvalue weighted by Crippen LogP contribution is 2.67. The van der Waals surface area contributed by atoms with E-state index in [4.69, 9.17) is 27.9 Å². The van der Waals surface area contributed by atoms with Gasteiger partial charge in [-0.15, -0.1) is 23.2 Å². The third kappa shape index (κ3) is 3.85. The van der Waals surface area contributed by atoms with Gasteiger partial charge < -0.3 is 14.6 Å². The number of alkyl halides is 2. The summed E-state index contributed by atoms with van der Waals surface area (Å²) in [5.41, 5.74) is 0.474. The van der Waals surface area contributed by atoms with E-state index in [9.17, 15) is 33.5 Å². The van der Waals surface area contributed by atoms with Gasteiger partial charge in [-0.05, 0) is 55.2 Å². The molecule has 4 aliphatic rings. The maximum Gasteiger partial charge on any atom is 0.423 e. The van der Waals surface area contributed by atoms with E-state index < -0.39 is 69.0 Å². The highest BCUT2D eigenvalue weighted by atomic mass is 79.9. The van der Waals surface area contributed by atoms with Gasteiger partial charge in [0.1, 0.15) is 5.82 Å². The number of methoxy groups -OCH3 is 2. The number of benzene rings is 2. The van der Waals surface area contributed by atoms with Crippen LogP contribution in [0, 0.1) is 23.6 Å². The van der Waals surface area contributed by atoms with E-state index in [1.54, 1.807) is 6.08 Å². The molecule has 2 aromatic rings. The summed E-state index contributed by atoms with van der Waals surface area (Å²) in [4.78, 5) is 64.5. The predicted molar refractivity (Wildman–Crippen MR) is 153 cm³/mol. The van der Waals surface area contributed by atoms with Gasteiger partial charge >= 0.3 is 6.09 Å². The van der Waals surface area contributed by atoms with Crippen molar-refractivity contribution in [2.24, 2.45) is 17.8 Å². The zero-order valence-corrected chi connectivity index (χ0v) is 25.6. The molecular formula is C29H22BrCl2FN2O8. The van der Waals surface area contributed by atoms with Gasteiger partial charge in [0.15, 0.2) is 21.2 Å². The number of ether oxygens (including phenoxy) is 2. The molecule has 1 N–H and O–H groups in total. The second kappa shape index (κ2) is 10.0. The Labute approximate surface area is 262 Å². The quantitative estimate of drug-likeness (QED) is 0.280. The van der Waals surface area contributed by atoms with E-state index in [-0.39, 0.29) is 35.6 Å². The van der Waals surface area contributed by atoms with Crippen molar-refractivity contribution in [1.29, 1.82) is 0 Å². The highest BCUT2D eigenvalue weighted by molar-refractivity contribution is 9.10. The first-order chi connectivity index (χ1) is 20.3. The fourth-order valence-electron chi connectivity index (χ4n) is 6.99. The summed E-state index contributed by atoms with van der Waals surface area (Å²) in [6.07, 6.45) is 0.149. The number of rotatable bonds is 3. The van der Waals surface area contributed by atoms with Crippen LogP contribution in [0.25, 0.3) is 0 Å². The number of amides is 5. The molecule has 1 saturated carbocycles. The van der Waals surface area contributed by atoms with Crippen LogP contribution in [-0.2, 0) is 23.9 Å². The Bertz CT molecular complexity index is 1670. The molecule has 224 valence electrons. The zero-order chi connectivity index (χ0) is 31.2. The predicted octanol–water partition coefficient (Wildman–Crippen LogP) is 4.63. The molecule has 2 heterocycles. The van der Waals surface area contributed by atoms with E-state index in [2.05, 4.69) is 20.7 Å². The molecule has 2 aliphatic carbocycles. The Morgan fingerprint density at radius 2 is 1.72 bits per heavy atom. The number of anilines is 1. The van der Waals surface area contributed by atoms with Crippen LogP contribution in [0.3, 0.4) is 0 Å². The lowest BCUT2D eigenvalue weighted by Gasteiger charge is -2.50. The Balaban J connectivity index is 1.59. The number of hydrogen-bond acceptors (Lipinski definition) is 8. The molecule has 2 aliphatic heterocycles. The minimum Gasteiger partial charge on any atom is -0.504 e. The molecule has 5 amide bonds. The van der Waals surface area contributed by atoms with Crippen LogP contribution >= 0.6 is 39.1 Å². The third-order valence-electron chi connectivity index (χ3n) is 8.85. The summed E-state index contributed by atoms with van der Waals surface area (Å²) in [6.45, 7) is 0. The lowest BCUT2D eigenvalue weighted by molar-refractivity contribution is -0.138. The SMILES string of the molecule is COC(=O)N1C(=O)C2CC=C3C(CC4(Cl)C(=O)N(c5ccc(F)cc5)C(=O)C4(Cl)C3c3cc(Br)cc(OC)c3O)C2C1=O. The first-order valence-corrected chi connectivity index (χ1v) is 14.6. The lowest BCUT2D eigenvalue weighted by Crippen LogP contribution is -2.60. The molecule has 0 bridgehead atoms. The van der Waals surface area contributed by atoms with E-state index in [1.165, 1.54) is 31.4 Å². The summed E-state index contributed by atoms with van der Waals surface area (Å²) in [6, 6.07) is 7.58. The summed E-state index contributed by atoms with van der Waals surface area (Å²) < 4.78 is 24.2. The number of phenols is 1. The number of phenolic OH excluding ortho intramolecular Hbond substituents is 1. The average Bonchev–Trinajstić information content (AvgIpc) is 3.32. The van der Waals surface area contributed by atoms with Crippen LogP contribution in [-0.4, -0.2) is 63.7 Å². The van der Waals surface area contributed by atoms with Gasteiger partial charge in [0.2, 0.25) is 11.8 Å². The lowest BCUT2D eigenvalue weighted by atomic mass is 9.56. The Kier molecular flexibility index (Phi) is 6.90. The second-order valence-electron chi connectivity index (χ2n) is 10.8. The maximum absolute atomic E-state index is 14.3. The molecule has 0 spiro atoms. The molecule has 0 aromatic heterocycles. The van der Waals surface area contributed by atoms with Crippen LogP contribution in [0.15, 0.2) is 52.5 Å². The second-order valence-corrected chi connectivity index (χ2v) is 12.9. The number of imide groups is 4. The smallest absolute Gasteiger partial charge is 0.423 e. The van der Waals surface area contributed by atoms with Crippen molar-refractivity contribution in [3.05, 3.63) is 63.9 Å². The van der Waals surface area contributed by atoms with Crippen LogP contribution in [0.4, 0.5) is 14.9 Å². The number of allylic oxidation sites excluding steroid dienone is 2. The van der Waals surface area contributed by atoms with E-state index in [0.29, 0.717) is 14.9 Å². The molecule has 14 heteroatoms. The van der Waals surface area contributed by atoms with Gasteiger partial charge in [0, 0.05) is 16.0 Å². The zero-order valence-electron chi connectivity index (χ0n) is 22.5. The molecule has 0 radical (unpaired) electrons. The van der Waals surface area contributed by atoms with Crippen molar-refractivity contribution in [2.75, 3.05) is 19.1 Å². The Hall–Kier alpha value is -3.48. The summed E-state index contributed by atoms with van der Waals surface area (Å²) in [5.74, 6) is -8.75. The van der Waals surface area contributed by atoms with E-state index in [0.717, 1.165) is 24.1 Å². The summed E-state index contributed by atoms with van der Waals surface area (Å²) >= 11 is 17.9. The van der Waals surface area contributed by atoms with Gasteiger partial charge in [0.05, 0.1) is 31.7 Å². The summed E-state index contributed by atoms with van der Waals surface area (Å²) in [7, 11) is 2.36. The van der Waals surface area contributed by atoms with Crippen LogP contribution in [0.5, 0.6) is 11.5 Å². The molecule has 6 unspecified atom stereocenters. The highest BCUT2D eigenvalue weighted by Gasteiger charge is 2.77. The van der Waals surface area contributed by atoms with Gasteiger partial charge in [-0.3, -0.25) is 19.2 Å². The van der Waals surface area contributed by atoms with Crippen molar-refractivity contribution in [3.63, 3.8) is 0 Å². The fraction of sp³-hybridized carbons (Fsp3) is 0.345. The van der Waals surface area contributed by atoms with Crippen LogP contribution in [0.1, 0.15) is 24.3 Å². The van der Waals surface area contributed by atoms with Crippen molar-refractivity contribution in [2.45, 2.75) is 28.5 Å². The van der Waals surface area contributed by atoms with Gasteiger partial charge in [0.25, 0.3) is 11.8 Å². The molecule has 2 saturated heterocycles. The molecule has 43 heavy (non-hydrogen) atoms. The monoisotopic (exact) mass is 694 g/mol. The average molecular weight is 696 g/mol. The fourth-order valence-corrected chi connectivity index (χ4v) is 8.37. The van der Waals surface area contributed by atoms with Crippen molar-refractivity contribution in [3.8, 4) is 11.5 Å². The number of halogens is 4. The van der Waals surface area contributed by atoms with Crippen LogP contribution < -0.4 is 9.64 Å². The number of nitrogens with zero attached hydrogens (tertiary/aromatic N) is 2. The number of likely N-dealkylation sites (tertiary alicyclic amines) is 1. The van der Waals surface area contributed by atoms with E-state index in [1.807, 2.05) is 0 Å². The van der Waals surface area contributed by atoms with Crippen molar-refractivity contribution in [1.82, 2.24) is 4.90 Å². The van der Waals surface area contributed by atoms with Crippen molar-refractivity contribution >= 4 is 74.5 Å². The van der Waals surface area contributed by atoms with Gasteiger partial charge in [-0.2, -0.15) is 4.90 Å². The Morgan fingerprint density at radius 1 is 1.05 bits per heavy atom. The van der Waals surface area contributed by atoms with Crippen molar-refractivity contribution < 1.29 is 42.9 Å². The molecule has 3 fully saturated rings. The number of hydrogen-bond donors (Lipinski definition) is 1. The minimum absolute atomic E-state index is 0.00301. The molecule has 2 aromatic carbocycles. The molecule has 10 nitrogen and oxygen atoms in total. The normalized spacial score (nSPS) is 31.4. The number of carbonyl (C=O) groups is 5. The summed E-state index contributed by atoms with van der Waals surface area (Å²) in [5, 5.41) is 11.4. The maximum atomic E-state index is 14.3. The topological polar surface area (TPSA) is 131 Å². The number of fused-ring (bicyclic) bond motifs is 4. The van der Waals surface area contributed by atoms with Crippen LogP contribution in [0.2, 0.25) is 0 Å². The van der Waals surface area contributed by atoms with Gasteiger partial charge in [-0.25, -0.2) is 14.1 Å². The molecular weight excluding hydrogens is 674 g/mol. The standard InChI is InChI=1S/C29H22BrCl2FN2O8/c1-42-19-10-12(30)9-17(22(19)36)21-15-7-8-16-20(24(38)35(23(16)37)27(41)43-2)18(15)11-28(31)25(39)34(26(40)29(21,28)32)14-5-3-13(33)4-6-14/h3-7,9-10,16,18,20-21,36H,8,11H2,1-2H3. The minimum atomic E-state index is -2.26. The molecule has 6 atom stereocenters. The third-order valence-corrected chi connectivity index (χ3v) is 10.7. The Morgan fingerprint density at radius 3 is 2.35 bits per heavy atom. The first-order valence-electron chi connectivity index (χ1n) is 13.1. The first kappa shape index (κ1) is 29.6.